The second-order valence-electron chi connectivity index (χ2n) is 1.74. The summed E-state index contributed by atoms with van der Waals surface area (Å²) in [5, 5.41) is 8.52. The molecule has 7 heavy (non-hydrogen) atoms. The van der Waals surface area contributed by atoms with E-state index in [0.29, 0.717) is 12.5 Å². The van der Waals surface area contributed by atoms with Crippen LogP contribution in [0.5, 0.6) is 0 Å². The summed E-state index contributed by atoms with van der Waals surface area (Å²) in [7, 11) is 0. The summed E-state index contributed by atoms with van der Waals surface area (Å²) in [6.45, 7) is 0.340. The quantitative estimate of drug-likeness (QED) is 0.550. The Morgan fingerprint density at radius 2 is 2.71 bits per heavy atom. The molecule has 0 saturated carbocycles. The summed E-state index contributed by atoms with van der Waals surface area (Å²) < 4.78 is 0. The standard InChI is InChI=1S/C5H9OS/c6-3-5-1-2-7-4-5/h4-6H,1-3H2. The Morgan fingerprint density at radius 1 is 1.86 bits per heavy atom. The van der Waals surface area contributed by atoms with Crippen LogP contribution in [0.3, 0.4) is 0 Å². The van der Waals surface area contributed by atoms with Crippen LogP contribution < -0.4 is 0 Å². The van der Waals surface area contributed by atoms with E-state index in [9.17, 15) is 0 Å². The van der Waals surface area contributed by atoms with E-state index < -0.39 is 0 Å². The molecule has 0 bridgehead atoms. The number of aliphatic hydroxyl groups excluding tert-OH is 1. The summed E-state index contributed by atoms with van der Waals surface area (Å²) in [6, 6.07) is 0. The monoisotopic (exact) mass is 117 g/mol. The predicted octanol–water partition coefficient (Wildman–Crippen LogP) is 0.894. The van der Waals surface area contributed by atoms with Crippen molar-refractivity contribution in [3.05, 3.63) is 5.75 Å². The lowest BCUT2D eigenvalue weighted by molar-refractivity contribution is 0.249. The van der Waals surface area contributed by atoms with Crippen molar-refractivity contribution in [2.45, 2.75) is 6.42 Å². The molecule has 0 aromatic rings. The molecule has 0 aromatic carbocycles. The third-order valence-electron chi connectivity index (χ3n) is 1.13. The van der Waals surface area contributed by atoms with Crippen molar-refractivity contribution in [2.75, 3.05) is 12.4 Å². The zero-order chi connectivity index (χ0) is 5.11. The van der Waals surface area contributed by atoms with Gasteiger partial charge in [-0.1, -0.05) is 0 Å². The predicted molar refractivity (Wildman–Crippen MR) is 32.0 cm³/mol. The first-order valence-electron chi connectivity index (χ1n) is 2.49. The maximum Gasteiger partial charge on any atom is 0.0470 e. The van der Waals surface area contributed by atoms with E-state index in [0.717, 1.165) is 0 Å². The van der Waals surface area contributed by atoms with Crippen LogP contribution in [0.15, 0.2) is 0 Å². The molecule has 1 fully saturated rings. The lowest BCUT2D eigenvalue weighted by atomic mass is 10.1. The van der Waals surface area contributed by atoms with Crippen LogP contribution >= 0.6 is 11.8 Å². The van der Waals surface area contributed by atoms with Crippen LogP contribution in [0.1, 0.15) is 6.42 Å². The molecule has 1 aliphatic heterocycles. The van der Waals surface area contributed by atoms with Gasteiger partial charge < -0.3 is 5.11 Å². The third-order valence-corrected chi connectivity index (χ3v) is 2.18. The highest BCUT2D eigenvalue weighted by molar-refractivity contribution is 8.01. The second kappa shape index (κ2) is 2.58. The van der Waals surface area contributed by atoms with Crippen molar-refractivity contribution in [2.24, 2.45) is 5.92 Å². The molecule has 41 valence electrons. The molecule has 0 aliphatic carbocycles. The molecule has 0 amide bonds. The number of hydrogen-bond donors (Lipinski definition) is 1. The molecule has 1 unspecified atom stereocenters. The molecule has 1 rings (SSSR count). The molecule has 1 heterocycles. The fraction of sp³-hybridized carbons (Fsp3) is 0.800. The fourth-order valence-corrected chi connectivity index (χ4v) is 1.70. The summed E-state index contributed by atoms with van der Waals surface area (Å²) in [6.07, 6.45) is 1.17. The summed E-state index contributed by atoms with van der Waals surface area (Å²) >= 11 is 1.82. The minimum Gasteiger partial charge on any atom is -0.396 e. The lowest BCUT2D eigenvalue weighted by Gasteiger charge is -1.97. The Morgan fingerprint density at radius 3 is 3.00 bits per heavy atom. The molecule has 1 N–H and O–H groups in total. The summed E-state index contributed by atoms with van der Waals surface area (Å²) in [4.78, 5) is 0. The molecule has 1 aliphatic rings. The van der Waals surface area contributed by atoms with Gasteiger partial charge in [0.1, 0.15) is 0 Å². The van der Waals surface area contributed by atoms with Crippen molar-refractivity contribution in [3.63, 3.8) is 0 Å². The molecular formula is C5H9OS. The molecule has 1 nitrogen and oxygen atoms in total. The SMILES string of the molecule is OCC1[CH]SCC1. The molecule has 1 atom stereocenters. The largest absolute Gasteiger partial charge is 0.396 e. The molecule has 1 radical (unpaired) electrons. The highest BCUT2D eigenvalue weighted by Crippen LogP contribution is 2.27. The Labute approximate surface area is 48.1 Å². The number of rotatable bonds is 1. The van der Waals surface area contributed by atoms with Gasteiger partial charge in [-0.05, 0) is 18.1 Å². The molecule has 0 spiro atoms. The van der Waals surface area contributed by atoms with E-state index in [1.54, 1.807) is 0 Å². The Bertz CT molecular complexity index is 50.0. The van der Waals surface area contributed by atoms with E-state index in [4.69, 9.17) is 5.11 Å². The van der Waals surface area contributed by atoms with Crippen LogP contribution in [0, 0.1) is 11.7 Å². The van der Waals surface area contributed by atoms with Crippen LogP contribution in [-0.4, -0.2) is 17.5 Å². The van der Waals surface area contributed by atoms with Gasteiger partial charge in [0.15, 0.2) is 0 Å². The number of aliphatic hydroxyl groups is 1. The molecule has 1 saturated heterocycles. The zero-order valence-electron chi connectivity index (χ0n) is 4.13. The summed E-state index contributed by atoms with van der Waals surface area (Å²) in [5.41, 5.74) is 0. The van der Waals surface area contributed by atoms with Gasteiger partial charge in [-0.15, -0.1) is 0 Å². The van der Waals surface area contributed by atoms with Gasteiger partial charge in [-0.25, -0.2) is 0 Å². The highest BCUT2D eigenvalue weighted by atomic mass is 32.2. The first kappa shape index (κ1) is 5.45. The van der Waals surface area contributed by atoms with Crippen molar-refractivity contribution in [1.82, 2.24) is 0 Å². The van der Waals surface area contributed by atoms with Crippen LogP contribution in [0.25, 0.3) is 0 Å². The first-order chi connectivity index (χ1) is 3.43. The Balaban J connectivity index is 2.14. The van der Waals surface area contributed by atoms with Gasteiger partial charge in [0, 0.05) is 12.4 Å². The minimum atomic E-state index is 0.340. The van der Waals surface area contributed by atoms with Crippen LogP contribution in [0.4, 0.5) is 0 Å². The molecule has 0 aromatic heterocycles. The molecular weight excluding hydrogens is 108 g/mol. The smallest absolute Gasteiger partial charge is 0.0470 e. The maximum atomic E-state index is 8.52. The number of hydrogen-bond acceptors (Lipinski definition) is 2. The second-order valence-corrected chi connectivity index (χ2v) is 2.75. The minimum absolute atomic E-state index is 0.340. The Kier molecular flexibility index (Phi) is 2.00. The van der Waals surface area contributed by atoms with Gasteiger partial charge in [-0.2, -0.15) is 11.8 Å². The summed E-state index contributed by atoms with van der Waals surface area (Å²) in [5.74, 6) is 3.82. The normalized spacial score (nSPS) is 31.3. The van der Waals surface area contributed by atoms with Gasteiger partial charge >= 0.3 is 0 Å². The van der Waals surface area contributed by atoms with Crippen molar-refractivity contribution in [1.29, 1.82) is 0 Å². The van der Waals surface area contributed by atoms with Gasteiger partial charge in [0.2, 0.25) is 0 Å². The average Bonchev–Trinajstić information content (AvgIpc) is 2.14. The molecule has 2 heteroatoms. The van der Waals surface area contributed by atoms with E-state index in [-0.39, 0.29) is 0 Å². The van der Waals surface area contributed by atoms with Crippen molar-refractivity contribution < 1.29 is 5.11 Å². The lowest BCUT2D eigenvalue weighted by Crippen LogP contribution is -1.98. The van der Waals surface area contributed by atoms with Crippen molar-refractivity contribution in [3.8, 4) is 0 Å². The average molecular weight is 117 g/mol. The highest BCUT2D eigenvalue weighted by Gasteiger charge is 2.13. The van der Waals surface area contributed by atoms with E-state index in [2.05, 4.69) is 5.75 Å². The van der Waals surface area contributed by atoms with Crippen molar-refractivity contribution >= 4 is 11.8 Å². The first-order valence-corrected chi connectivity index (χ1v) is 3.54. The van der Waals surface area contributed by atoms with Gasteiger partial charge in [0.25, 0.3) is 0 Å². The third kappa shape index (κ3) is 1.35. The fourth-order valence-electron chi connectivity index (χ4n) is 0.626. The maximum absolute atomic E-state index is 8.52. The van der Waals surface area contributed by atoms with Gasteiger partial charge in [0.05, 0.1) is 0 Å². The van der Waals surface area contributed by atoms with E-state index >= 15 is 0 Å². The number of thioether (sulfide) groups is 1. The Hall–Kier alpha value is 0.310. The van der Waals surface area contributed by atoms with Crippen LogP contribution in [0.2, 0.25) is 0 Å². The zero-order valence-corrected chi connectivity index (χ0v) is 4.95. The topological polar surface area (TPSA) is 20.2 Å². The van der Waals surface area contributed by atoms with E-state index in [1.165, 1.54) is 12.2 Å². The van der Waals surface area contributed by atoms with E-state index in [1.807, 2.05) is 11.8 Å². The van der Waals surface area contributed by atoms with Gasteiger partial charge in [-0.3, -0.25) is 0 Å². The van der Waals surface area contributed by atoms with Crippen LogP contribution in [-0.2, 0) is 0 Å².